The molecule has 2 saturated carbocycles. The molecule has 2 aliphatic carbocycles. The second-order valence-electron chi connectivity index (χ2n) is 26.8. The van der Waals surface area contributed by atoms with Crippen molar-refractivity contribution in [2.24, 2.45) is 22.7 Å². The third-order valence-electron chi connectivity index (χ3n) is 20.3. The number of methoxy groups -OCH3 is 1. The number of thiazole rings is 1. The number of amides is 3. The van der Waals surface area contributed by atoms with Crippen LogP contribution in [0.5, 0.6) is 0 Å². The highest BCUT2D eigenvalue weighted by molar-refractivity contribution is 7.10. The Kier molecular flexibility index (Phi) is 15.7. The Labute approximate surface area is 494 Å². The number of carbonyl (C=O) groups excluding carboxylic acids is 4. The number of benzene rings is 1. The van der Waals surface area contributed by atoms with Gasteiger partial charge in [0.1, 0.15) is 24.7 Å². The summed E-state index contributed by atoms with van der Waals surface area (Å²) >= 11 is 1.36. The monoisotopic (exact) mass is 1180 g/mol. The topological polar surface area (TPSA) is 170 Å². The van der Waals surface area contributed by atoms with E-state index in [-0.39, 0.29) is 60.6 Å². The summed E-state index contributed by atoms with van der Waals surface area (Å²) in [7, 11) is 3.64. The van der Waals surface area contributed by atoms with E-state index < -0.39 is 48.3 Å². The number of nitrogens with one attached hydrogen (secondary N) is 2. The Morgan fingerprint density at radius 2 is 1.80 bits per heavy atom. The van der Waals surface area contributed by atoms with Crippen molar-refractivity contribution in [3.63, 3.8) is 0 Å². The number of likely N-dealkylation sites (N-methyl/N-ethyl adjacent to an activating group) is 1. The molecular formula is C62H82F3N11O7S. The number of alkyl halides is 3. The van der Waals surface area contributed by atoms with Gasteiger partial charge in [-0.05, 0) is 114 Å². The maximum absolute atomic E-state index is 15.3. The van der Waals surface area contributed by atoms with Crippen molar-refractivity contribution in [2.75, 3.05) is 97.8 Å². The second kappa shape index (κ2) is 22.8. The Morgan fingerprint density at radius 3 is 2.58 bits per heavy atom. The molecule has 3 unspecified atom stereocenters. The van der Waals surface area contributed by atoms with Crippen LogP contribution < -0.4 is 15.6 Å². The van der Waals surface area contributed by atoms with Crippen LogP contribution in [0.2, 0.25) is 0 Å². The maximum Gasteiger partial charge on any atom is 0.406 e. The van der Waals surface area contributed by atoms with E-state index in [0.29, 0.717) is 120 Å². The number of aromatic nitrogens is 3. The summed E-state index contributed by atoms with van der Waals surface area (Å²) in [6, 6.07) is 5.56. The number of esters is 1. The molecule has 13 rings (SSSR count). The normalized spacial score (nSPS) is 29.7. The summed E-state index contributed by atoms with van der Waals surface area (Å²) < 4.78 is 65.1. The van der Waals surface area contributed by atoms with Crippen LogP contribution in [0.1, 0.15) is 107 Å². The first kappa shape index (κ1) is 57.8. The third-order valence-corrected chi connectivity index (χ3v) is 21.1. The number of piperazine rings is 1. The number of anilines is 1. The minimum absolute atomic E-state index is 0.0147. The minimum Gasteiger partial charge on any atom is -0.464 e. The Hall–Kier alpha value is -5.23. The van der Waals surface area contributed by atoms with Crippen molar-refractivity contribution in [2.45, 2.75) is 153 Å². The summed E-state index contributed by atoms with van der Waals surface area (Å²) in [6.45, 7) is 11.9. The lowest BCUT2D eigenvalue weighted by Gasteiger charge is -2.44. The molecule has 18 nitrogen and oxygen atoms in total. The summed E-state index contributed by atoms with van der Waals surface area (Å²) in [5.41, 5.74) is 6.74. The van der Waals surface area contributed by atoms with Crippen molar-refractivity contribution >= 4 is 51.6 Å². The van der Waals surface area contributed by atoms with E-state index >= 15 is 22.8 Å². The third kappa shape index (κ3) is 11.5. The molecular weight excluding hydrogens is 1100 g/mol. The van der Waals surface area contributed by atoms with E-state index in [0.717, 1.165) is 70.4 Å². The first-order valence-electron chi connectivity index (χ1n) is 30.9. The number of hydrazine groups is 1. The van der Waals surface area contributed by atoms with Gasteiger partial charge in [0.25, 0.3) is 5.91 Å². The van der Waals surface area contributed by atoms with Crippen molar-refractivity contribution in [3.8, 4) is 22.5 Å². The second-order valence-corrected chi connectivity index (χ2v) is 27.7. The molecule has 3 amide bonds. The van der Waals surface area contributed by atoms with Gasteiger partial charge in [-0.25, -0.2) is 10.4 Å². The molecule has 0 radical (unpaired) electrons. The number of likely N-dealkylation sites (tertiary alicyclic amines) is 2. The van der Waals surface area contributed by atoms with Gasteiger partial charge in [0, 0.05) is 110 Å². The van der Waals surface area contributed by atoms with Crippen molar-refractivity contribution in [3.05, 3.63) is 52.1 Å². The van der Waals surface area contributed by atoms with Crippen LogP contribution in [0.4, 0.5) is 18.9 Å². The fraction of sp³-hybridized carbons (Fsp3) is 0.677. The standard InChI is InChI=1S/C62H82F3N11O7S/c1-37(81-5)51-44(26-41(29-66-51)72-22-21-71-23-24-82-31-42(71)30-72)54-45-28-60(2,3)36-83-59(80)46-11-8-18-76(69-46)57(78)47(27-50-67-48(32-84-50)40-14-15-49(43(45)25-40)75(54)35-62(63,64)65)68-56(77)53(38-9-6-7-10-38)73-19-16-61(33-73)17-20-74(34-61)58(79)55-52(70(55)4)39-12-13-39/h14-15,25-26,29,32,37-39,42,46-47,52-53,55,69H,6-13,16-24,27-28,30-31,33-36H2,1-5H3,(H,68,77)/t37-,42-,46-,47-,52?,53?,55+,61-,70?/m0/s1. The number of morpholine rings is 1. The van der Waals surface area contributed by atoms with Gasteiger partial charge >= 0.3 is 12.1 Å². The van der Waals surface area contributed by atoms with Gasteiger partial charge in [-0.1, -0.05) is 32.8 Å². The zero-order chi connectivity index (χ0) is 58.4. The molecule has 8 fully saturated rings. The average molecular weight is 1180 g/mol. The predicted octanol–water partition coefficient (Wildman–Crippen LogP) is 6.84. The maximum atomic E-state index is 15.3. The highest BCUT2D eigenvalue weighted by Crippen LogP contribution is 2.49. The fourth-order valence-corrected chi connectivity index (χ4v) is 16.4. The van der Waals surface area contributed by atoms with E-state index in [1.807, 2.05) is 38.3 Å². The van der Waals surface area contributed by atoms with Crippen LogP contribution >= 0.6 is 11.3 Å². The molecule has 10 heterocycles. The fourth-order valence-electron chi connectivity index (χ4n) is 15.5. The molecule has 2 N–H and O–H groups in total. The van der Waals surface area contributed by atoms with Crippen molar-refractivity contribution in [1.82, 2.24) is 49.9 Å². The summed E-state index contributed by atoms with van der Waals surface area (Å²) in [5, 5.41) is 7.85. The first-order valence-corrected chi connectivity index (χ1v) is 31.8. The minimum atomic E-state index is -4.61. The van der Waals surface area contributed by atoms with Crippen LogP contribution in [-0.2, 0) is 52.8 Å². The number of rotatable bonds is 11. The first-order chi connectivity index (χ1) is 40.3. The molecule has 9 aliphatic rings. The molecule has 22 heteroatoms. The van der Waals surface area contributed by atoms with Gasteiger partial charge < -0.3 is 33.9 Å². The molecule has 6 bridgehead atoms. The van der Waals surface area contributed by atoms with Gasteiger partial charge in [0.2, 0.25) is 11.8 Å². The summed E-state index contributed by atoms with van der Waals surface area (Å²) in [6.07, 6.45) is 5.86. The zero-order valence-corrected chi connectivity index (χ0v) is 50.1. The van der Waals surface area contributed by atoms with Crippen LogP contribution in [0.15, 0.2) is 35.8 Å². The molecule has 454 valence electrons. The molecule has 4 aromatic rings. The predicted molar refractivity (Wildman–Crippen MR) is 312 cm³/mol. The Bertz CT molecular complexity index is 3160. The average Bonchev–Trinajstić information content (AvgIpc) is 1.72. The zero-order valence-electron chi connectivity index (χ0n) is 49.3. The molecule has 7 aliphatic heterocycles. The van der Waals surface area contributed by atoms with E-state index in [4.69, 9.17) is 24.2 Å². The molecule has 1 aromatic carbocycles. The highest BCUT2D eigenvalue weighted by Gasteiger charge is 2.59. The number of hydrogen-bond donors (Lipinski definition) is 2. The van der Waals surface area contributed by atoms with Gasteiger partial charge in [0.05, 0.1) is 72.0 Å². The van der Waals surface area contributed by atoms with Crippen molar-refractivity contribution < 1.29 is 46.6 Å². The molecule has 9 atom stereocenters. The lowest BCUT2D eigenvalue weighted by atomic mass is 9.84. The summed E-state index contributed by atoms with van der Waals surface area (Å²) in [5.74, 6) is -0.136. The molecule has 1 spiro atoms. The van der Waals surface area contributed by atoms with Gasteiger partial charge in [-0.3, -0.25) is 43.9 Å². The van der Waals surface area contributed by atoms with E-state index in [1.165, 1.54) is 33.8 Å². The lowest BCUT2D eigenvalue weighted by molar-refractivity contribution is -0.155. The number of hydrogen-bond acceptors (Lipinski definition) is 15. The van der Waals surface area contributed by atoms with Crippen LogP contribution in [-0.4, -0.2) is 198 Å². The SMILES string of the molecule is CO[C@@H](C)c1ncc(N2CCN3CCOC[C@@H]3C2)cc1-c1c2c3cc(ccc3n1CC(F)(F)F)-c1csc(n1)C[C@H](NC(=O)C(C1CCCC1)N1CC[C@]3(CCN(C(=O)[C@H]4C(C5CC5)N4C)C3)C1)C(=O)N1CCC[C@H](N1)C(=O)OCC(C)(C)C2. The largest absolute Gasteiger partial charge is 0.464 e. The number of cyclic esters (lactones) is 1. The smallest absolute Gasteiger partial charge is 0.406 e. The lowest BCUT2D eigenvalue weighted by Crippen LogP contribution is -2.62. The van der Waals surface area contributed by atoms with Crippen LogP contribution in [0, 0.1) is 22.7 Å². The van der Waals surface area contributed by atoms with Crippen molar-refractivity contribution in [1.29, 1.82) is 0 Å². The van der Waals surface area contributed by atoms with E-state index in [2.05, 4.69) is 42.3 Å². The number of pyridine rings is 1. The quantitative estimate of drug-likeness (QED) is 0.118. The molecule has 3 aromatic heterocycles. The summed E-state index contributed by atoms with van der Waals surface area (Å²) in [4.78, 5) is 80.0. The van der Waals surface area contributed by atoms with Gasteiger partial charge in [-0.15, -0.1) is 11.3 Å². The van der Waals surface area contributed by atoms with Crippen LogP contribution in [0.25, 0.3) is 33.4 Å². The Balaban J connectivity index is 0.843. The van der Waals surface area contributed by atoms with E-state index in [1.54, 1.807) is 25.4 Å². The number of nitrogens with zero attached hydrogens (tertiary/aromatic N) is 9. The van der Waals surface area contributed by atoms with Gasteiger partial charge in [-0.2, -0.15) is 13.2 Å². The van der Waals surface area contributed by atoms with Gasteiger partial charge in [0.15, 0.2) is 0 Å². The number of carbonyl (C=O) groups is 4. The molecule has 84 heavy (non-hydrogen) atoms. The number of halogens is 3. The van der Waals surface area contributed by atoms with Crippen LogP contribution in [0.3, 0.4) is 0 Å². The highest BCUT2D eigenvalue weighted by atomic mass is 32.1. The van der Waals surface area contributed by atoms with E-state index in [9.17, 15) is 9.59 Å². The number of ether oxygens (including phenoxy) is 3. The Morgan fingerprint density at radius 1 is 0.988 bits per heavy atom. The molecule has 6 saturated heterocycles. The number of fused-ring (bicyclic) bond motifs is 7.